The molecule has 0 aliphatic heterocycles. The van der Waals surface area contributed by atoms with Crippen LogP contribution in [0.1, 0.15) is 41.0 Å². The second-order valence-electron chi connectivity index (χ2n) is 7.21. The lowest BCUT2D eigenvalue weighted by molar-refractivity contribution is -0.0425. The normalized spacial score (nSPS) is 17.2. The van der Waals surface area contributed by atoms with Crippen molar-refractivity contribution < 1.29 is 14.0 Å². The Bertz CT molecular complexity index is 487. The molecular formula is C20H36N2O3S. The maximum atomic E-state index is 10.9. The highest BCUT2D eigenvalue weighted by atomic mass is 32.1. The summed E-state index contributed by atoms with van der Waals surface area (Å²) >= 11 is 3.85. The number of nitrogens with one attached hydrogen (secondary N) is 1. The minimum atomic E-state index is -0.830. The fourth-order valence-corrected chi connectivity index (χ4v) is 2.42. The summed E-state index contributed by atoms with van der Waals surface area (Å²) < 4.78 is 10.5. The Hall–Kier alpha value is -0.920. The van der Waals surface area contributed by atoms with Crippen LogP contribution in [0.2, 0.25) is 0 Å². The number of methoxy groups -OCH3 is 1. The van der Waals surface area contributed by atoms with Crippen molar-refractivity contribution in [2.45, 2.75) is 65.0 Å². The van der Waals surface area contributed by atoms with Crippen molar-refractivity contribution >= 4 is 19.1 Å². The largest absolute Gasteiger partial charge is 0.378 e. The molecule has 0 saturated heterocycles. The van der Waals surface area contributed by atoms with Gasteiger partial charge in [-0.2, -0.15) is 0 Å². The molecule has 6 heteroatoms. The average molecular weight is 385 g/mol. The van der Waals surface area contributed by atoms with E-state index in [1.54, 1.807) is 13.3 Å². The average Bonchev–Trinajstić information content (AvgIpc) is 2.58. The van der Waals surface area contributed by atoms with E-state index in [9.17, 15) is 5.11 Å². The van der Waals surface area contributed by atoms with Gasteiger partial charge >= 0.3 is 0 Å². The molecule has 150 valence electrons. The molecule has 0 aromatic carbocycles. The highest BCUT2D eigenvalue weighted by Crippen LogP contribution is 2.36. The van der Waals surface area contributed by atoms with Crippen LogP contribution in [-0.2, 0) is 8.92 Å². The Labute approximate surface area is 164 Å². The van der Waals surface area contributed by atoms with E-state index in [0.29, 0.717) is 0 Å². The summed E-state index contributed by atoms with van der Waals surface area (Å²) in [7, 11) is 1.62. The third-order valence-corrected chi connectivity index (χ3v) is 5.01. The zero-order valence-electron chi connectivity index (χ0n) is 17.0. The van der Waals surface area contributed by atoms with E-state index in [2.05, 4.69) is 29.8 Å². The van der Waals surface area contributed by atoms with Crippen LogP contribution in [0.4, 0.5) is 0 Å². The Morgan fingerprint density at radius 1 is 1.31 bits per heavy atom. The van der Waals surface area contributed by atoms with Gasteiger partial charge in [0.05, 0.1) is 24.3 Å². The first-order valence-electron chi connectivity index (χ1n) is 8.85. The van der Waals surface area contributed by atoms with Crippen molar-refractivity contribution in [3.05, 3.63) is 37.0 Å². The first-order chi connectivity index (χ1) is 12.2. The number of allylic oxidation sites excluding steroid dienone is 4. The summed E-state index contributed by atoms with van der Waals surface area (Å²) in [6.07, 6.45) is 11.0. The summed E-state index contributed by atoms with van der Waals surface area (Å²) in [6, 6.07) is -0.254. The maximum absolute atomic E-state index is 10.9. The molecule has 0 heterocycles. The molecule has 0 aromatic rings. The van der Waals surface area contributed by atoms with Crippen molar-refractivity contribution in [2.75, 3.05) is 13.7 Å². The van der Waals surface area contributed by atoms with E-state index < -0.39 is 17.2 Å². The van der Waals surface area contributed by atoms with Gasteiger partial charge in [0.1, 0.15) is 6.23 Å². The van der Waals surface area contributed by atoms with Gasteiger partial charge in [-0.15, -0.1) is 6.58 Å². The number of aliphatic hydroxyl groups is 1. The van der Waals surface area contributed by atoms with Crippen LogP contribution in [0.5, 0.6) is 0 Å². The zero-order valence-corrected chi connectivity index (χ0v) is 17.9. The summed E-state index contributed by atoms with van der Waals surface area (Å²) in [6.45, 7) is 13.8. The number of nitrogens with zero attached hydrogens (tertiary/aromatic N) is 1. The van der Waals surface area contributed by atoms with Gasteiger partial charge in [-0.3, -0.25) is 10.3 Å². The number of aliphatic imine (C=N–C) groups is 1. The van der Waals surface area contributed by atoms with Crippen LogP contribution in [0.3, 0.4) is 0 Å². The molecule has 26 heavy (non-hydrogen) atoms. The van der Waals surface area contributed by atoms with Crippen LogP contribution in [0, 0.1) is 5.41 Å². The second-order valence-corrected chi connectivity index (χ2v) is 7.47. The lowest BCUT2D eigenvalue weighted by Crippen LogP contribution is -2.58. The molecule has 5 nitrogen and oxygen atoms in total. The van der Waals surface area contributed by atoms with Crippen molar-refractivity contribution in [3.8, 4) is 0 Å². The van der Waals surface area contributed by atoms with Gasteiger partial charge in [-0.05, 0) is 46.2 Å². The van der Waals surface area contributed by atoms with Crippen molar-refractivity contribution in [2.24, 2.45) is 10.4 Å². The SMILES string of the molecule is C=CC/C=C\C=NC(C)(C)C(C)(C)C(O)NC(COS)C(C=CC)OC. The molecule has 0 saturated carbocycles. The lowest BCUT2D eigenvalue weighted by Gasteiger charge is -2.43. The van der Waals surface area contributed by atoms with Crippen LogP contribution in [0.15, 0.2) is 42.0 Å². The Kier molecular flexibility index (Phi) is 12.0. The topological polar surface area (TPSA) is 63.1 Å². The number of ether oxygens (including phenoxy) is 1. The van der Waals surface area contributed by atoms with Gasteiger partial charge in [-0.25, -0.2) is 0 Å². The van der Waals surface area contributed by atoms with E-state index in [1.165, 1.54) is 0 Å². The number of hydrogen-bond acceptors (Lipinski definition) is 6. The Morgan fingerprint density at radius 2 is 1.96 bits per heavy atom. The highest BCUT2D eigenvalue weighted by Gasteiger charge is 2.43. The fourth-order valence-electron chi connectivity index (χ4n) is 2.26. The molecule has 2 N–H and O–H groups in total. The van der Waals surface area contributed by atoms with Gasteiger partial charge in [-0.1, -0.05) is 38.2 Å². The molecule has 0 bridgehead atoms. The van der Waals surface area contributed by atoms with Crippen molar-refractivity contribution in [1.29, 1.82) is 0 Å². The van der Waals surface area contributed by atoms with Gasteiger partial charge in [0.15, 0.2) is 0 Å². The number of thiol groups is 1. The third-order valence-electron chi connectivity index (χ3n) is 4.86. The standard InChI is InChI=1S/C20H36N2O3S/c1-8-10-11-12-14-21-20(5,6)19(3,4)18(23)22-16(15-25-26)17(24-7)13-9-2/h8-9,11-14,16-18,22-23,26H,1,10,15H2,2-7H3/b12-11-,13-9?,21-14?. The highest BCUT2D eigenvalue weighted by molar-refractivity contribution is 7.75. The number of hydrogen-bond donors (Lipinski definition) is 3. The molecule has 0 aliphatic carbocycles. The number of rotatable bonds is 13. The van der Waals surface area contributed by atoms with Crippen molar-refractivity contribution in [3.63, 3.8) is 0 Å². The zero-order chi connectivity index (χ0) is 20.2. The predicted molar refractivity (Wildman–Crippen MR) is 114 cm³/mol. The number of aliphatic hydroxyl groups excluding tert-OH is 1. The maximum Gasteiger partial charge on any atom is 0.112 e. The van der Waals surface area contributed by atoms with Crippen molar-refractivity contribution in [1.82, 2.24) is 5.32 Å². The van der Waals surface area contributed by atoms with Crippen LogP contribution >= 0.6 is 12.9 Å². The van der Waals surface area contributed by atoms with E-state index >= 15 is 0 Å². The van der Waals surface area contributed by atoms with Crippen LogP contribution in [-0.4, -0.2) is 49.0 Å². The molecule has 0 aromatic heterocycles. The monoisotopic (exact) mass is 384 g/mol. The quantitative estimate of drug-likeness (QED) is 0.149. The molecule has 0 aliphatic rings. The molecule has 0 fully saturated rings. The summed E-state index contributed by atoms with van der Waals surface area (Å²) in [4.78, 5) is 4.64. The molecule has 0 rings (SSSR count). The minimum absolute atomic E-state index is 0.244. The van der Waals surface area contributed by atoms with Gasteiger partial charge in [0.2, 0.25) is 0 Å². The Morgan fingerprint density at radius 3 is 2.46 bits per heavy atom. The molecule has 3 unspecified atom stereocenters. The van der Waals surface area contributed by atoms with Gasteiger partial charge < -0.3 is 14.0 Å². The molecule has 0 amide bonds. The van der Waals surface area contributed by atoms with E-state index in [4.69, 9.17) is 8.92 Å². The predicted octanol–water partition coefficient (Wildman–Crippen LogP) is 3.72. The molecular weight excluding hydrogens is 348 g/mol. The first-order valence-corrected chi connectivity index (χ1v) is 9.21. The summed E-state index contributed by atoms with van der Waals surface area (Å²) in [5.41, 5.74) is -1.06. The van der Waals surface area contributed by atoms with E-state index in [1.807, 2.05) is 65.0 Å². The van der Waals surface area contributed by atoms with Gasteiger partial charge in [0, 0.05) is 18.7 Å². The Balaban J connectivity index is 5.25. The molecule has 0 spiro atoms. The van der Waals surface area contributed by atoms with Crippen LogP contribution in [0.25, 0.3) is 0 Å². The lowest BCUT2D eigenvalue weighted by atomic mass is 9.73. The van der Waals surface area contributed by atoms with E-state index in [0.717, 1.165) is 6.42 Å². The smallest absolute Gasteiger partial charge is 0.112 e. The first kappa shape index (κ1) is 25.1. The summed E-state index contributed by atoms with van der Waals surface area (Å²) in [5.74, 6) is 0. The van der Waals surface area contributed by atoms with Crippen LogP contribution < -0.4 is 5.32 Å². The third kappa shape index (κ3) is 7.76. The fraction of sp³-hybridized carbons (Fsp3) is 0.650. The molecule has 3 atom stereocenters. The summed E-state index contributed by atoms with van der Waals surface area (Å²) in [5, 5.41) is 14.1. The second kappa shape index (κ2) is 12.5. The minimum Gasteiger partial charge on any atom is -0.378 e. The molecule has 0 radical (unpaired) electrons. The van der Waals surface area contributed by atoms with E-state index in [-0.39, 0.29) is 18.8 Å². The van der Waals surface area contributed by atoms with Gasteiger partial charge in [0.25, 0.3) is 0 Å².